The Balaban J connectivity index is 1.48. The lowest BCUT2D eigenvalue weighted by molar-refractivity contribution is 0.145. The van der Waals surface area contributed by atoms with Gasteiger partial charge in [-0.05, 0) is 48.1 Å². The van der Waals surface area contributed by atoms with Gasteiger partial charge in [-0.1, -0.05) is 24.3 Å². The van der Waals surface area contributed by atoms with Crippen LogP contribution in [0.3, 0.4) is 0 Å². The van der Waals surface area contributed by atoms with Gasteiger partial charge in [0.1, 0.15) is 0 Å². The van der Waals surface area contributed by atoms with Crippen LogP contribution in [0.15, 0.2) is 60.9 Å². The van der Waals surface area contributed by atoms with Gasteiger partial charge in [0.2, 0.25) is 0 Å². The molecule has 4 rings (SSSR count). The number of aliphatic hydroxyl groups is 1. The number of rotatable bonds is 4. The molecule has 0 spiro atoms. The number of hydrogen-bond acceptors (Lipinski definition) is 4. The first-order valence-electron chi connectivity index (χ1n) is 8.88. The number of nitrogens with one attached hydrogen (secondary N) is 1. The van der Waals surface area contributed by atoms with Crippen LogP contribution in [-0.2, 0) is 6.54 Å². The Kier molecular flexibility index (Phi) is 4.53. The second-order valence-electron chi connectivity index (χ2n) is 6.64. The van der Waals surface area contributed by atoms with Crippen molar-refractivity contribution in [2.45, 2.75) is 25.5 Å². The zero-order valence-electron chi connectivity index (χ0n) is 14.2. The summed E-state index contributed by atoms with van der Waals surface area (Å²) in [6, 6.07) is 16.9. The molecule has 128 valence electrons. The van der Waals surface area contributed by atoms with Crippen molar-refractivity contribution in [2.24, 2.45) is 0 Å². The molecule has 3 aromatic rings. The highest BCUT2D eigenvalue weighted by molar-refractivity contribution is 5.85. The van der Waals surface area contributed by atoms with Gasteiger partial charge in [0.15, 0.2) is 0 Å². The first kappa shape index (κ1) is 15.9. The smallest absolute Gasteiger partial charge is 0.0574 e. The number of pyridine rings is 1. The normalized spacial score (nSPS) is 15.5. The van der Waals surface area contributed by atoms with E-state index < -0.39 is 0 Å². The van der Waals surface area contributed by atoms with Crippen LogP contribution in [0.4, 0.5) is 11.4 Å². The molecule has 0 aliphatic carbocycles. The average Bonchev–Trinajstić information content (AvgIpc) is 2.67. The molecule has 0 radical (unpaired) electrons. The van der Waals surface area contributed by atoms with Gasteiger partial charge in [0, 0.05) is 48.8 Å². The molecule has 1 saturated heterocycles. The Bertz CT molecular complexity index is 851. The van der Waals surface area contributed by atoms with Gasteiger partial charge < -0.3 is 15.3 Å². The number of anilines is 2. The third kappa shape index (κ3) is 3.59. The van der Waals surface area contributed by atoms with Crippen molar-refractivity contribution in [1.29, 1.82) is 0 Å². The summed E-state index contributed by atoms with van der Waals surface area (Å²) in [5.41, 5.74) is 3.61. The number of benzene rings is 2. The summed E-state index contributed by atoms with van der Waals surface area (Å²) in [4.78, 5) is 6.55. The molecular weight excluding hydrogens is 310 g/mol. The van der Waals surface area contributed by atoms with Crippen molar-refractivity contribution in [2.75, 3.05) is 23.3 Å². The van der Waals surface area contributed by atoms with E-state index in [2.05, 4.69) is 63.7 Å². The summed E-state index contributed by atoms with van der Waals surface area (Å²) in [6.45, 7) is 2.62. The minimum atomic E-state index is -0.140. The molecule has 4 nitrogen and oxygen atoms in total. The fraction of sp³-hybridized carbons (Fsp3) is 0.286. The van der Waals surface area contributed by atoms with E-state index >= 15 is 0 Å². The van der Waals surface area contributed by atoms with E-state index in [1.165, 1.54) is 22.0 Å². The maximum absolute atomic E-state index is 9.68. The topological polar surface area (TPSA) is 48.4 Å². The number of nitrogens with zero attached hydrogens (tertiary/aromatic N) is 2. The third-order valence-corrected chi connectivity index (χ3v) is 4.93. The van der Waals surface area contributed by atoms with Crippen LogP contribution in [0.25, 0.3) is 10.8 Å². The summed E-state index contributed by atoms with van der Waals surface area (Å²) >= 11 is 0. The predicted molar refractivity (Wildman–Crippen MR) is 103 cm³/mol. The maximum atomic E-state index is 9.68. The minimum Gasteiger partial charge on any atom is -0.393 e. The summed E-state index contributed by atoms with van der Waals surface area (Å²) in [5, 5.41) is 15.6. The molecule has 0 atom stereocenters. The van der Waals surface area contributed by atoms with Crippen LogP contribution >= 0.6 is 0 Å². The largest absolute Gasteiger partial charge is 0.393 e. The van der Waals surface area contributed by atoms with Crippen molar-refractivity contribution in [3.63, 3.8) is 0 Å². The van der Waals surface area contributed by atoms with Gasteiger partial charge in [0.25, 0.3) is 0 Å². The molecule has 4 heteroatoms. The average molecular weight is 333 g/mol. The molecule has 1 aliphatic rings. The molecule has 1 fully saturated rings. The fourth-order valence-corrected chi connectivity index (χ4v) is 3.48. The Morgan fingerprint density at radius 1 is 1.08 bits per heavy atom. The fourth-order valence-electron chi connectivity index (χ4n) is 3.48. The number of aliphatic hydroxyl groups excluding tert-OH is 1. The molecule has 0 amide bonds. The van der Waals surface area contributed by atoms with E-state index in [1.807, 2.05) is 12.4 Å². The van der Waals surface area contributed by atoms with Gasteiger partial charge >= 0.3 is 0 Å². The summed E-state index contributed by atoms with van der Waals surface area (Å²) in [6.07, 6.45) is 5.31. The number of aromatic nitrogens is 1. The molecule has 2 aromatic carbocycles. The molecule has 0 unspecified atom stereocenters. The second-order valence-corrected chi connectivity index (χ2v) is 6.64. The van der Waals surface area contributed by atoms with Crippen molar-refractivity contribution in [3.05, 3.63) is 66.5 Å². The van der Waals surface area contributed by atoms with Gasteiger partial charge in [-0.2, -0.15) is 0 Å². The lowest BCUT2D eigenvalue weighted by atomic mass is 10.1. The van der Waals surface area contributed by atoms with Crippen LogP contribution in [0.5, 0.6) is 0 Å². The zero-order valence-corrected chi connectivity index (χ0v) is 14.2. The van der Waals surface area contributed by atoms with E-state index in [9.17, 15) is 5.11 Å². The molecular formula is C21H23N3O. The molecule has 1 aromatic heterocycles. The predicted octanol–water partition coefficient (Wildman–Crippen LogP) is 3.81. The van der Waals surface area contributed by atoms with Gasteiger partial charge in [0.05, 0.1) is 6.10 Å². The van der Waals surface area contributed by atoms with Crippen LogP contribution in [-0.4, -0.2) is 29.3 Å². The summed E-state index contributed by atoms with van der Waals surface area (Å²) in [7, 11) is 0. The summed E-state index contributed by atoms with van der Waals surface area (Å²) < 4.78 is 0. The monoisotopic (exact) mass is 333 g/mol. The van der Waals surface area contributed by atoms with Crippen molar-refractivity contribution in [1.82, 2.24) is 4.98 Å². The van der Waals surface area contributed by atoms with E-state index in [4.69, 9.17) is 0 Å². The molecule has 2 heterocycles. The van der Waals surface area contributed by atoms with Crippen LogP contribution < -0.4 is 10.2 Å². The Morgan fingerprint density at radius 2 is 1.92 bits per heavy atom. The molecule has 25 heavy (non-hydrogen) atoms. The second kappa shape index (κ2) is 7.11. The number of hydrogen-bond donors (Lipinski definition) is 2. The van der Waals surface area contributed by atoms with Gasteiger partial charge in [-0.3, -0.25) is 4.98 Å². The molecule has 2 N–H and O–H groups in total. The van der Waals surface area contributed by atoms with Crippen LogP contribution in [0.1, 0.15) is 18.4 Å². The van der Waals surface area contributed by atoms with Crippen LogP contribution in [0, 0.1) is 0 Å². The van der Waals surface area contributed by atoms with E-state index in [0.717, 1.165) is 38.2 Å². The third-order valence-electron chi connectivity index (χ3n) is 4.93. The first-order valence-corrected chi connectivity index (χ1v) is 8.88. The van der Waals surface area contributed by atoms with Crippen molar-refractivity contribution < 1.29 is 5.11 Å². The van der Waals surface area contributed by atoms with Crippen molar-refractivity contribution >= 4 is 22.1 Å². The minimum absolute atomic E-state index is 0.140. The zero-order chi connectivity index (χ0) is 17.1. The molecule has 1 aliphatic heterocycles. The quantitative estimate of drug-likeness (QED) is 0.762. The highest BCUT2D eigenvalue weighted by atomic mass is 16.3. The van der Waals surface area contributed by atoms with E-state index in [-0.39, 0.29) is 6.10 Å². The molecule has 0 bridgehead atoms. The first-order chi connectivity index (χ1) is 12.3. The van der Waals surface area contributed by atoms with Gasteiger partial charge in [-0.25, -0.2) is 0 Å². The SMILES string of the molecule is OC1CCN(c2cccc(NCc3cccc4cnccc34)c2)CC1. The highest BCUT2D eigenvalue weighted by Crippen LogP contribution is 2.24. The van der Waals surface area contributed by atoms with Gasteiger partial charge in [-0.15, -0.1) is 0 Å². The summed E-state index contributed by atoms with van der Waals surface area (Å²) in [5.74, 6) is 0. The van der Waals surface area contributed by atoms with Crippen LogP contribution in [0.2, 0.25) is 0 Å². The standard InChI is InChI=1S/C21H23N3O/c25-20-8-11-24(12-9-20)19-6-2-5-18(13-19)23-15-17-4-1-3-16-14-22-10-7-21(16)17/h1-7,10,13-14,20,23,25H,8-9,11-12,15H2. The van der Waals surface area contributed by atoms with Crippen molar-refractivity contribution in [3.8, 4) is 0 Å². The Hall–Kier alpha value is -2.59. The number of fused-ring (bicyclic) bond motifs is 1. The maximum Gasteiger partial charge on any atom is 0.0574 e. The number of piperidine rings is 1. The Morgan fingerprint density at radius 3 is 2.80 bits per heavy atom. The highest BCUT2D eigenvalue weighted by Gasteiger charge is 2.17. The van der Waals surface area contributed by atoms with E-state index in [1.54, 1.807) is 0 Å². The Labute approximate surface area is 148 Å². The lowest BCUT2D eigenvalue weighted by Crippen LogP contribution is -2.35. The van der Waals surface area contributed by atoms with E-state index in [0.29, 0.717) is 0 Å². The molecule has 0 saturated carbocycles. The lowest BCUT2D eigenvalue weighted by Gasteiger charge is -2.31.